The molecular formula is C21H19ClN2O2S2. The maximum atomic E-state index is 5.97. The van der Waals surface area contributed by atoms with Gasteiger partial charge in [0.25, 0.3) is 0 Å². The van der Waals surface area contributed by atoms with Gasteiger partial charge < -0.3 is 20.1 Å². The van der Waals surface area contributed by atoms with E-state index in [0.717, 1.165) is 21.2 Å². The normalized spacial score (nSPS) is 10.2. The summed E-state index contributed by atoms with van der Waals surface area (Å²) in [6.07, 6.45) is 0. The number of methoxy groups -OCH3 is 2. The summed E-state index contributed by atoms with van der Waals surface area (Å²) in [5.41, 5.74) is 1.63. The zero-order valence-electron chi connectivity index (χ0n) is 15.4. The van der Waals surface area contributed by atoms with Crippen LogP contribution in [0.4, 0.5) is 11.4 Å². The first-order chi connectivity index (χ1) is 13.6. The van der Waals surface area contributed by atoms with Gasteiger partial charge in [0, 0.05) is 20.9 Å². The summed E-state index contributed by atoms with van der Waals surface area (Å²) < 4.78 is 10.7. The van der Waals surface area contributed by atoms with E-state index in [1.165, 1.54) is 0 Å². The van der Waals surface area contributed by atoms with Gasteiger partial charge in [0.05, 0.1) is 25.6 Å². The van der Waals surface area contributed by atoms with Crippen molar-refractivity contribution in [1.29, 1.82) is 0 Å². The van der Waals surface area contributed by atoms with Crippen molar-refractivity contribution < 1.29 is 9.47 Å². The Morgan fingerprint density at radius 1 is 0.893 bits per heavy atom. The summed E-state index contributed by atoms with van der Waals surface area (Å²) in [4.78, 5) is 2.14. The molecule has 0 bridgehead atoms. The van der Waals surface area contributed by atoms with E-state index in [4.69, 9.17) is 33.3 Å². The number of hydrogen-bond donors (Lipinski definition) is 2. The first-order valence-corrected chi connectivity index (χ1v) is 10.0. The number of nitrogens with one attached hydrogen (secondary N) is 2. The van der Waals surface area contributed by atoms with Crippen molar-refractivity contribution in [3.8, 4) is 11.5 Å². The second-order valence-corrected chi connectivity index (χ2v) is 7.66. The van der Waals surface area contributed by atoms with Gasteiger partial charge in [-0.25, -0.2) is 0 Å². The Morgan fingerprint density at radius 3 is 2.32 bits per heavy atom. The van der Waals surface area contributed by atoms with Crippen molar-refractivity contribution in [2.45, 2.75) is 9.79 Å². The van der Waals surface area contributed by atoms with Crippen LogP contribution in [0.3, 0.4) is 0 Å². The van der Waals surface area contributed by atoms with Crippen LogP contribution in [0.2, 0.25) is 5.02 Å². The number of benzene rings is 3. The molecule has 3 rings (SSSR count). The summed E-state index contributed by atoms with van der Waals surface area (Å²) in [6, 6.07) is 21.2. The van der Waals surface area contributed by atoms with E-state index in [-0.39, 0.29) is 0 Å². The van der Waals surface area contributed by atoms with E-state index in [9.17, 15) is 0 Å². The van der Waals surface area contributed by atoms with E-state index in [1.807, 2.05) is 66.7 Å². The fourth-order valence-electron chi connectivity index (χ4n) is 2.48. The molecule has 28 heavy (non-hydrogen) atoms. The second kappa shape index (κ2) is 9.68. The Morgan fingerprint density at radius 2 is 1.61 bits per heavy atom. The van der Waals surface area contributed by atoms with Crippen LogP contribution in [0.5, 0.6) is 11.5 Å². The van der Waals surface area contributed by atoms with Crippen LogP contribution in [0.1, 0.15) is 0 Å². The number of hydrogen-bond acceptors (Lipinski definition) is 4. The molecule has 0 heterocycles. The summed E-state index contributed by atoms with van der Waals surface area (Å²) >= 11 is 13.1. The van der Waals surface area contributed by atoms with Gasteiger partial charge in [0.1, 0.15) is 11.5 Å². The minimum Gasteiger partial charge on any atom is -0.497 e. The molecule has 0 saturated carbocycles. The van der Waals surface area contributed by atoms with Gasteiger partial charge in [-0.05, 0) is 60.7 Å². The van der Waals surface area contributed by atoms with Crippen molar-refractivity contribution in [3.63, 3.8) is 0 Å². The standard InChI is InChI=1S/C21H19ClN2O2S2/c1-25-15-9-12-19(26-2)18(13-15)24-21(27)23-17-5-3-4-6-20(17)28-16-10-7-14(22)8-11-16/h3-13H,1-2H3,(H2,23,24,27). The molecule has 144 valence electrons. The number of rotatable bonds is 6. The molecule has 0 aromatic heterocycles. The molecule has 0 amide bonds. The molecule has 2 N–H and O–H groups in total. The molecule has 7 heteroatoms. The lowest BCUT2D eigenvalue weighted by Crippen LogP contribution is -2.20. The SMILES string of the molecule is COc1ccc(OC)c(NC(=S)Nc2ccccc2Sc2ccc(Cl)cc2)c1. The molecule has 4 nitrogen and oxygen atoms in total. The van der Waals surface area contributed by atoms with Gasteiger partial charge in [0.2, 0.25) is 0 Å². The largest absolute Gasteiger partial charge is 0.497 e. The molecular weight excluding hydrogens is 412 g/mol. The van der Waals surface area contributed by atoms with Crippen LogP contribution >= 0.6 is 35.6 Å². The fraction of sp³-hybridized carbons (Fsp3) is 0.0952. The fourth-order valence-corrected chi connectivity index (χ4v) is 3.72. The van der Waals surface area contributed by atoms with Gasteiger partial charge in [0.15, 0.2) is 5.11 Å². The lowest BCUT2D eigenvalue weighted by molar-refractivity contribution is 0.405. The highest BCUT2D eigenvalue weighted by atomic mass is 35.5. The van der Waals surface area contributed by atoms with E-state index >= 15 is 0 Å². The molecule has 0 aliphatic heterocycles. The minimum absolute atomic E-state index is 0.454. The summed E-state index contributed by atoms with van der Waals surface area (Å²) in [5, 5.41) is 7.60. The zero-order valence-corrected chi connectivity index (χ0v) is 17.8. The van der Waals surface area contributed by atoms with Crippen molar-refractivity contribution >= 4 is 52.1 Å². The predicted molar refractivity (Wildman–Crippen MR) is 121 cm³/mol. The number of para-hydroxylation sites is 1. The Balaban J connectivity index is 1.75. The van der Waals surface area contributed by atoms with Crippen LogP contribution in [0, 0.1) is 0 Å². The van der Waals surface area contributed by atoms with Crippen molar-refractivity contribution in [2.24, 2.45) is 0 Å². The smallest absolute Gasteiger partial charge is 0.175 e. The Labute approximate surface area is 179 Å². The van der Waals surface area contributed by atoms with Crippen LogP contribution in [0.15, 0.2) is 76.5 Å². The molecule has 0 unspecified atom stereocenters. The molecule has 3 aromatic carbocycles. The number of thiocarbonyl (C=S) groups is 1. The topological polar surface area (TPSA) is 42.5 Å². The van der Waals surface area contributed by atoms with Crippen LogP contribution in [-0.2, 0) is 0 Å². The quantitative estimate of drug-likeness (QED) is 0.446. The average molecular weight is 431 g/mol. The number of halogens is 1. The monoisotopic (exact) mass is 430 g/mol. The third-order valence-corrected chi connectivity index (χ3v) is 5.37. The lowest BCUT2D eigenvalue weighted by Gasteiger charge is -2.16. The molecule has 0 spiro atoms. The first kappa shape index (κ1) is 20.3. The third-order valence-electron chi connectivity index (χ3n) is 3.83. The minimum atomic E-state index is 0.454. The van der Waals surface area contributed by atoms with Gasteiger partial charge in [-0.15, -0.1) is 0 Å². The predicted octanol–water partition coefficient (Wildman–Crippen LogP) is 6.32. The van der Waals surface area contributed by atoms with Crippen molar-refractivity contribution in [3.05, 3.63) is 71.8 Å². The van der Waals surface area contributed by atoms with Crippen LogP contribution in [-0.4, -0.2) is 19.3 Å². The number of ether oxygens (including phenoxy) is 2. The Hall–Kier alpha value is -2.41. The molecule has 3 aromatic rings. The molecule has 0 aliphatic rings. The molecule has 0 aliphatic carbocycles. The van der Waals surface area contributed by atoms with Gasteiger partial charge in [-0.2, -0.15) is 0 Å². The van der Waals surface area contributed by atoms with E-state index in [1.54, 1.807) is 26.0 Å². The van der Waals surface area contributed by atoms with Crippen LogP contribution < -0.4 is 20.1 Å². The first-order valence-electron chi connectivity index (χ1n) is 8.41. The van der Waals surface area contributed by atoms with E-state index < -0.39 is 0 Å². The molecule has 0 atom stereocenters. The summed E-state index contributed by atoms with van der Waals surface area (Å²) in [6.45, 7) is 0. The van der Waals surface area contributed by atoms with Crippen molar-refractivity contribution in [1.82, 2.24) is 0 Å². The van der Waals surface area contributed by atoms with Gasteiger partial charge in [-0.1, -0.05) is 35.5 Å². The molecule has 0 radical (unpaired) electrons. The average Bonchev–Trinajstić information content (AvgIpc) is 2.71. The Kier molecular flexibility index (Phi) is 7.03. The lowest BCUT2D eigenvalue weighted by atomic mass is 10.2. The molecule has 0 saturated heterocycles. The highest BCUT2D eigenvalue weighted by Gasteiger charge is 2.10. The Bertz CT molecular complexity index is 965. The maximum absolute atomic E-state index is 5.97. The highest BCUT2D eigenvalue weighted by molar-refractivity contribution is 7.99. The van der Waals surface area contributed by atoms with E-state index in [0.29, 0.717) is 21.6 Å². The molecule has 0 fully saturated rings. The second-order valence-electron chi connectivity index (χ2n) is 5.70. The maximum Gasteiger partial charge on any atom is 0.175 e. The summed E-state index contributed by atoms with van der Waals surface area (Å²) in [5.74, 6) is 1.39. The van der Waals surface area contributed by atoms with E-state index in [2.05, 4.69) is 10.6 Å². The zero-order chi connectivity index (χ0) is 19.9. The number of anilines is 2. The van der Waals surface area contributed by atoms with Gasteiger partial charge >= 0.3 is 0 Å². The van der Waals surface area contributed by atoms with Gasteiger partial charge in [-0.3, -0.25) is 0 Å². The summed E-state index contributed by atoms with van der Waals surface area (Å²) in [7, 11) is 3.23. The highest BCUT2D eigenvalue weighted by Crippen LogP contribution is 2.34. The third kappa shape index (κ3) is 5.32. The van der Waals surface area contributed by atoms with Crippen molar-refractivity contribution in [2.75, 3.05) is 24.9 Å². The van der Waals surface area contributed by atoms with Crippen LogP contribution in [0.25, 0.3) is 0 Å².